The van der Waals surface area contributed by atoms with E-state index in [2.05, 4.69) is 26.2 Å². The lowest BCUT2D eigenvalue weighted by atomic mass is 9.84. The maximum absolute atomic E-state index is 11.8. The third-order valence-corrected chi connectivity index (χ3v) is 6.08. The van der Waals surface area contributed by atoms with Crippen LogP contribution in [0.25, 0.3) is 0 Å². The van der Waals surface area contributed by atoms with Gasteiger partial charge in [-0.1, -0.05) is 6.42 Å². The number of primary amides is 1. The van der Waals surface area contributed by atoms with Crippen LogP contribution in [0, 0.1) is 5.92 Å². The molecule has 0 radical (unpaired) electrons. The summed E-state index contributed by atoms with van der Waals surface area (Å²) in [6, 6.07) is 3.90. The summed E-state index contributed by atoms with van der Waals surface area (Å²) in [4.78, 5) is 16.1. The van der Waals surface area contributed by atoms with Gasteiger partial charge in [0.05, 0.1) is 0 Å². The number of likely N-dealkylation sites (N-methyl/N-ethyl adjacent to an activating group) is 1. The maximum atomic E-state index is 11.8. The first-order valence-electron chi connectivity index (χ1n) is 6.82. The van der Waals surface area contributed by atoms with Crippen LogP contribution in [0.4, 0.5) is 0 Å². The van der Waals surface area contributed by atoms with Crippen LogP contribution in [0.3, 0.4) is 0 Å². The molecule has 0 bridgehead atoms. The fraction of sp³-hybridized carbons (Fsp3) is 0.571. The van der Waals surface area contributed by atoms with E-state index >= 15 is 0 Å². The van der Waals surface area contributed by atoms with Crippen molar-refractivity contribution in [2.75, 3.05) is 12.8 Å². The summed E-state index contributed by atoms with van der Waals surface area (Å²) >= 11 is 5.22. The monoisotopic (exact) mass is 357 g/mol. The van der Waals surface area contributed by atoms with Crippen molar-refractivity contribution in [3.63, 3.8) is 0 Å². The zero-order chi connectivity index (χ0) is 14.6. The van der Waals surface area contributed by atoms with E-state index < -0.39 is 5.54 Å². The number of halogens is 1. The average molecular weight is 358 g/mol. The number of hydrogen-bond acceptors (Lipinski definition) is 4. The van der Waals surface area contributed by atoms with E-state index in [1.807, 2.05) is 19.2 Å². The third-order valence-electron chi connectivity index (χ3n) is 4.14. The Labute approximate surface area is 132 Å². The summed E-state index contributed by atoms with van der Waals surface area (Å²) in [5.74, 6) is 1.04. The molecule has 0 aromatic carbocycles. The molecule has 6 heteroatoms. The molecule has 0 aliphatic heterocycles. The lowest BCUT2D eigenvalue weighted by molar-refractivity contribution is -0.125. The van der Waals surface area contributed by atoms with Gasteiger partial charge in [-0.15, -0.1) is 11.8 Å². The van der Waals surface area contributed by atoms with Gasteiger partial charge < -0.3 is 11.1 Å². The minimum atomic E-state index is -0.512. The second-order valence-electron chi connectivity index (χ2n) is 5.10. The highest BCUT2D eigenvalue weighted by molar-refractivity contribution is 9.10. The molecule has 1 saturated carbocycles. The van der Waals surface area contributed by atoms with Crippen molar-refractivity contribution in [2.45, 2.75) is 36.2 Å². The van der Waals surface area contributed by atoms with Crippen LogP contribution < -0.4 is 11.1 Å². The Balaban J connectivity index is 1.94. The maximum Gasteiger partial charge on any atom is 0.238 e. The van der Waals surface area contributed by atoms with Gasteiger partial charge in [0.15, 0.2) is 0 Å². The van der Waals surface area contributed by atoms with Gasteiger partial charge in [-0.3, -0.25) is 4.79 Å². The van der Waals surface area contributed by atoms with E-state index in [1.165, 1.54) is 0 Å². The number of carbonyl (C=O) groups is 1. The van der Waals surface area contributed by atoms with Crippen molar-refractivity contribution in [1.82, 2.24) is 10.3 Å². The number of nitrogens with two attached hydrogens (primary N) is 1. The van der Waals surface area contributed by atoms with Crippen LogP contribution in [0.5, 0.6) is 0 Å². The molecule has 1 aliphatic rings. The van der Waals surface area contributed by atoms with Gasteiger partial charge in [-0.2, -0.15) is 0 Å². The zero-order valence-corrected chi connectivity index (χ0v) is 14.0. The minimum absolute atomic E-state index is 0.216. The Morgan fingerprint density at radius 1 is 1.70 bits per heavy atom. The molecule has 2 atom stereocenters. The van der Waals surface area contributed by atoms with Crippen LogP contribution >= 0.6 is 27.7 Å². The summed E-state index contributed by atoms with van der Waals surface area (Å²) < 4.78 is 1.02. The second-order valence-corrected chi connectivity index (χ2v) is 7.04. The Morgan fingerprint density at radius 2 is 2.50 bits per heavy atom. The number of nitrogens with zero attached hydrogens (tertiary/aromatic N) is 1. The first-order valence-corrected chi connectivity index (χ1v) is 8.60. The summed E-state index contributed by atoms with van der Waals surface area (Å²) in [6.45, 7) is 0. The Kier molecular flexibility index (Phi) is 5.46. The molecule has 110 valence electrons. The average Bonchev–Trinajstić information content (AvgIpc) is 2.85. The molecule has 4 nitrogen and oxygen atoms in total. The lowest BCUT2D eigenvalue weighted by Gasteiger charge is -2.32. The molecule has 1 heterocycles. The highest BCUT2D eigenvalue weighted by atomic mass is 79.9. The molecule has 2 rings (SSSR count). The SMILES string of the molecule is CNC1(C(N)=O)CCCC1CCSc1ncccc1Br. The van der Waals surface area contributed by atoms with Crippen molar-refractivity contribution in [2.24, 2.45) is 11.7 Å². The standard InChI is InChI=1S/C14H20BrN3OS/c1-17-14(13(16)19)7-2-4-10(14)6-9-20-12-11(15)5-3-8-18-12/h3,5,8,10,17H,2,4,6-7,9H2,1H3,(H2,16,19). The summed E-state index contributed by atoms with van der Waals surface area (Å²) in [5, 5.41) is 4.18. The van der Waals surface area contributed by atoms with E-state index in [-0.39, 0.29) is 5.91 Å². The molecular weight excluding hydrogens is 338 g/mol. The topological polar surface area (TPSA) is 68.0 Å². The van der Waals surface area contributed by atoms with E-state index in [4.69, 9.17) is 5.73 Å². The largest absolute Gasteiger partial charge is 0.368 e. The normalized spacial score (nSPS) is 25.8. The molecule has 2 unspecified atom stereocenters. The zero-order valence-electron chi connectivity index (χ0n) is 11.6. The van der Waals surface area contributed by atoms with Crippen molar-refractivity contribution >= 4 is 33.6 Å². The Morgan fingerprint density at radius 3 is 3.15 bits per heavy atom. The van der Waals surface area contributed by atoms with E-state index in [0.717, 1.165) is 40.9 Å². The molecule has 1 aliphatic carbocycles. The van der Waals surface area contributed by atoms with Gasteiger partial charge in [-0.25, -0.2) is 4.98 Å². The van der Waals surface area contributed by atoms with Crippen molar-refractivity contribution < 1.29 is 4.79 Å². The molecule has 1 amide bonds. The van der Waals surface area contributed by atoms with Gasteiger partial charge in [0.2, 0.25) is 5.91 Å². The number of pyridine rings is 1. The summed E-state index contributed by atoms with van der Waals surface area (Å²) in [5.41, 5.74) is 5.10. The predicted molar refractivity (Wildman–Crippen MR) is 85.6 cm³/mol. The lowest BCUT2D eigenvalue weighted by Crippen LogP contribution is -2.56. The van der Waals surface area contributed by atoms with Gasteiger partial charge in [0, 0.05) is 10.7 Å². The number of aromatic nitrogens is 1. The molecule has 20 heavy (non-hydrogen) atoms. The minimum Gasteiger partial charge on any atom is -0.368 e. The van der Waals surface area contributed by atoms with Gasteiger partial charge in [-0.05, 0) is 66.0 Å². The predicted octanol–water partition coefficient (Wildman–Crippen LogP) is 2.57. The van der Waals surface area contributed by atoms with Crippen LogP contribution in [0.2, 0.25) is 0 Å². The molecule has 0 spiro atoms. The molecule has 1 fully saturated rings. The quantitative estimate of drug-likeness (QED) is 0.767. The van der Waals surface area contributed by atoms with E-state index in [9.17, 15) is 4.79 Å². The van der Waals surface area contributed by atoms with Gasteiger partial charge in [0.1, 0.15) is 10.6 Å². The van der Waals surface area contributed by atoms with Crippen molar-refractivity contribution in [3.8, 4) is 0 Å². The molecule has 1 aromatic heterocycles. The second kappa shape index (κ2) is 6.91. The van der Waals surface area contributed by atoms with Gasteiger partial charge >= 0.3 is 0 Å². The summed E-state index contributed by atoms with van der Waals surface area (Å²) in [7, 11) is 1.84. The molecule has 0 saturated heterocycles. The third kappa shape index (κ3) is 3.18. The highest BCUT2D eigenvalue weighted by Gasteiger charge is 2.45. The van der Waals surface area contributed by atoms with Crippen LogP contribution in [0.15, 0.2) is 27.8 Å². The fourth-order valence-electron chi connectivity index (χ4n) is 3.02. The van der Waals surface area contributed by atoms with Crippen LogP contribution in [-0.2, 0) is 4.79 Å². The first-order chi connectivity index (χ1) is 9.60. The van der Waals surface area contributed by atoms with Crippen LogP contribution in [-0.4, -0.2) is 29.2 Å². The fourth-order valence-corrected chi connectivity index (χ4v) is 4.56. The first kappa shape index (κ1) is 15.8. The van der Waals surface area contributed by atoms with E-state index in [0.29, 0.717) is 5.92 Å². The Hall–Kier alpha value is -0.590. The summed E-state index contributed by atoms with van der Waals surface area (Å²) in [6.07, 6.45) is 5.74. The smallest absolute Gasteiger partial charge is 0.238 e. The van der Waals surface area contributed by atoms with Crippen molar-refractivity contribution in [1.29, 1.82) is 0 Å². The number of carbonyl (C=O) groups excluding carboxylic acids is 1. The Bertz CT molecular complexity index is 485. The van der Waals surface area contributed by atoms with Gasteiger partial charge in [0.25, 0.3) is 0 Å². The number of rotatable bonds is 6. The van der Waals surface area contributed by atoms with Crippen LogP contribution in [0.1, 0.15) is 25.7 Å². The number of hydrogen-bond donors (Lipinski definition) is 2. The molecule has 1 aromatic rings. The number of thioether (sulfide) groups is 1. The van der Waals surface area contributed by atoms with Crippen molar-refractivity contribution in [3.05, 3.63) is 22.8 Å². The molecular formula is C14H20BrN3OS. The van der Waals surface area contributed by atoms with E-state index in [1.54, 1.807) is 18.0 Å². The number of nitrogens with one attached hydrogen (secondary N) is 1. The number of amides is 1. The molecule has 3 N–H and O–H groups in total. The highest BCUT2D eigenvalue weighted by Crippen LogP contribution is 2.39.